The van der Waals surface area contributed by atoms with Gasteiger partial charge in [0.25, 0.3) is 0 Å². The third kappa shape index (κ3) is 4.54. The number of nitrogens with two attached hydrogens (primary N) is 1. The lowest BCUT2D eigenvalue weighted by molar-refractivity contribution is 0.207. The predicted molar refractivity (Wildman–Crippen MR) is 76.3 cm³/mol. The fourth-order valence-electron chi connectivity index (χ4n) is 1.81. The zero-order chi connectivity index (χ0) is 14.3. The molecule has 3 atom stereocenters. The van der Waals surface area contributed by atoms with Crippen LogP contribution in [-0.4, -0.2) is 35.3 Å². The van der Waals surface area contributed by atoms with Crippen molar-refractivity contribution in [1.82, 2.24) is 5.32 Å². The van der Waals surface area contributed by atoms with Crippen LogP contribution in [0, 0.1) is 5.92 Å². The van der Waals surface area contributed by atoms with Crippen molar-refractivity contribution in [3.05, 3.63) is 35.9 Å². The number of benzene rings is 1. The lowest BCUT2D eigenvalue weighted by atomic mass is 9.96. The van der Waals surface area contributed by atoms with Gasteiger partial charge in [-0.05, 0) is 18.4 Å². The monoisotopic (exact) mass is 265 g/mol. The van der Waals surface area contributed by atoms with Crippen molar-refractivity contribution in [2.45, 2.75) is 25.8 Å². The van der Waals surface area contributed by atoms with E-state index in [2.05, 4.69) is 10.5 Å². The molecule has 5 nitrogen and oxygen atoms in total. The number of aliphatic hydroxyl groups excluding tert-OH is 1. The first-order chi connectivity index (χ1) is 9.10. The minimum Gasteiger partial charge on any atom is -0.409 e. The summed E-state index contributed by atoms with van der Waals surface area (Å²) in [6.07, 6.45) is 0. The lowest BCUT2D eigenvalue weighted by Gasteiger charge is -2.23. The number of oxime groups is 1. The summed E-state index contributed by atoms with van der Waals surface area (Å²) in [4.78, 5) is 0. The zero-order valence-electron chi connectivity index (χ0n) is 11.5. The van der Waals surface area contributed by atoms with Crippen molar-refractivity contribution in [3.63, 3.8) is 0 Å². The van der Waals surface area contributed by atoms with Crippen molar-refractivity contribution in [1.29, 1.82) is 0 Å². The van der Waals surface area contributed by atoms with Gasteiger partial charge >= 0.3 is 0 Å². The number of amidine groups is 1. The quantitative estimate of drug-likeness (QED) is 0.257. The summed E-state index contributed by atoms with van der Waals surface area (Å²) in [7, 11) is 0. The Labute approximate surface area is 114 Å². The van der Waals surface area contributed by atoms with Gasteiger partial charge in [-0.2, -0.15) is 0 Å². The molecule has 0 saturated heterocycles. The van der Waals surface area contributed by atoms with Gasteiger partial charge in [0.05, 0.1) is 5.92 Å². The summed E-state index contributed by atoms with van der Waals surface area (Å²) < 4.78 is 0. The van der Waals surface area contributed by atoms with Gasteiger partial charge < -0.3 is 21.4 Å². The highest BCUT2D eigenvalue weighted by molar-refractivity contribution is 5.87. The largest absolute Gasteiger partial charge is 0.409 e. The minimum atomic E-state index is -0.181. The van der Waals surface area contributed by atoms with Gasteiger partial charge in [-0.15, -0.1) is 0 Å². The van der Waals surface area contributed by atoms with Crippen LogP contribution in [0.2, 0.25) is 0 Å². The molecule has 0 heterocycles. The second-order valence-electron chi connectivity index (χ2n) is 4.84. The molecule has 0 aromatic heterocycles. The van der Waals surface area contributed by atoms with E-state index in [1.54, 1.807) is 0 Å². The Morgan fingerprint density at radius 2 is 1.95 bits per heavy atom. The van der Waals surface area contributed by atoms with Crippen molar-refractivity contribution >= 4 is 5.84 Å². The van der Waals surface area contributed by atoms with Crippen LogP contribution < -0.4 is 11.1 Å². The van der Waals surface area contributed by atoms with E-state index in [1.807, 2.05) is 44.2 Å². The molecule has 1 aromatic carbocycles. The molecule has 0 spiro atoms. The fraction of sp³-hybridized carbons (Fsp3) is 0.500. The standard InChI is InChI=1S/C14H23N3O2/c1-10(9-18)11(2)16-8-13(14(15)17-19)12-6-4-3-5-7-12/h3-7,10-11,13,16,18-19H,8-9H2,1-2H3,(H2,15,17). The normalized spacial score (nSPS) is 16.9. The summed E-state index contributed by atoms with van der Waals surface area (Å²) in [5, 5.41) is 24.4. The topological polar surface area (TPSA) is 90.9 Å². The van der Waals surface area contributed by atoms with Gasteiger partial charge in [0.1, 0.15) is 5.84 Å². The van der Waals surface area contributed by atoms with E-state index in [0.29, 0.717) is 6.54 Å². The molecule has 0 saturated carbocycles. The Morgan fingerprint density at radius 3 is 2.47 bits per heavy atom. The molecule has 0 aliphatic heterocycles. The van der Waals surface area contributed by atoms with E-state index in [0.717, 1.165) is 5.56 Å². The zero-order valence-corrected chi connectivity index (χ0v) is 11.5. The third-order valence-electron chi connectivity index (χ3n) is 3.46. The number of nitrogens with one attached hydrogen (secondary N) is 1. The third-order valence-corrected chi connectivity index (χ3v) is 3.46. The van der Waals surface area contributed by atoms with Crippen LogP contribution >= 0.6 is 0 Å². The van der Waals surface area contributed by atoms with Crippen LogP contribution in [0.25, 0.3) is 0 Å². The van der Waals surface area contributed by atoms with Crippen molar-refractivity contribution < 1.29 is 10.3 Å². The van der Waals surface area contributed by atoms with Crippen molar-refractivity contribution in [2.75, 3.05) is 13.2 Å². The second kappa shape index (κ2) is 7.76. The van der Waals surface area contributed by atoms with Gasteiger partial charge in [0.2, 0.25) is 0 Å². The highest BCUT2D eigenvalue weighted by Crippen LogP contribution is 2.15. The average Bonchev–Trinajstić information content (AvgIpc) is 2.47. The first-order valence-electron chi connectivity index (χ1n) is 6.46. The van der Waals surface area contributed by atoms with E-state index in [1.165, 1.54) is 0 Å². The van der Waals surface area contributed by atoms with Crippen LogP contribution in [0.3, 0.4) is 0 Å². The Bertz CT molecular complexity index is 395. The number of rotatable bonds is 7. The maximum Gasteiger partial charge on any atom is 0.147 e. The van der Waals surface area contributed by atoms with E-state index in [4.69, 9.17) is 16.0 Å². The highest BCUT2D eigenvalue weighted by atomic mass is 16.4. The van der Waals surface area contributed by atoms with E-state index >= 15 is 0 Å². The molecule has 19 heavy (non-hydrogen) atoms. The first-order valence-corrected chi connectivity index (χ1v) is 6.46. The number of hydrogen-bond acceptors (Lipinski definition) is 4. The Hall–Kier alpha value is -1.59. The van der Waals surface area contributed by atoms with Crippen LogP contribution in [-0.2, 0) is 0 Å². The molecule has 0 aliphatic rings. The predicted octanol–water partition coefficient (Wildman–Crippen LogP) is 1.12. The highest BCUT2D eigenvalue weighted by Gasteiger charge is 2.19. The molecule has 1 rings (SSSR count). The molecule has 5 heteroatoms. The average molecular weight is 265 g/mol. The maximum absolute atomic E-state index is 9.11. The SMILES string of the molecule is CC(CO)C(C)NCC(/C(N)=N/O)c1ccccc1. The summed E-state index contributed by atoms with van der Waals surface area (Å²) in [6, 6.07) is 9.83. The smallest absolute Gasteiger partial charge is 0.147 e. The summed E-state index contributed by atoms with van der Waals surface area (Å²) in [5.74, 6) is 0.158. The van der Waals surface area contributed by atoms with Crippen LogP contribution in [0.4, 0.5) is 0 Å². The van der Waals surface area contributed by atoms with Gasteiger partial charge in [-0.3, -0.25) is 0 Å². The summed E-state index contributed by atoms with van der Waals surface area (Å²) >= 11 is 0. The van der Waals surface area contributed by atoms with Gasteiger partial charge in [-0.1, -0.05) is 42.4 Å². The van der Waals surface area contributed by atoms with Crippen LogP contribution in [0.5, 0.6) is 0 Å². The van der Waals surface area contributed by atoms with Crippen LogP contribution in [0.1, 0.15) is 25.3 Å². The molecular weight excluding hydrogens is 242 g/mol. The maximum atomic E-state index is 9.11. The molecular formula is C14H23N3O2. The molecule has 0 aliphatic carbocycles. The Kier molecular flexibility index (Phi) is 6.32. The molecule has 1 aromatic rings. The van der Waals surface area contributed by atoms with Gasteiger partial charge in [0, 0.05) is 19.2 Å². The van der Waals surface area contributed by atoms with Crippen LogP contribution in [0.15, 0.2) is 35.5 Å². The van der Waals surface area contributed by atoms with Crippen molar-refractivity contribution in [2.24, 2.45) is 16.8 Å². The number of hydrogen-bond donors (Lipinski definition) is 4. The molecule has 0 radical (unpaired) electrons. The van der Waals surface area contributed by atoms with Crippen molar-refractivity contribution in [3.8, 4) is 0 Å². The van der Waals surface area contributed by atoms with E-state index in [-0.39, 0.29) is 30.3 Å². The second-order valence-corrected chi connectivity index (χ2v) is 4.84. The lowest BCUT2D eigenvalue weighted by Crippen LogP contribution is -2.39. The molecule has 0 fully saturated rings. The molecule has 3 unspecified atom stereocenters. The minimum absolute atomic E-state index is 0.133. The van der Waals surface area contributed by atoms with Gasteiger partial charge in [0.15, 0.2) is 0 Å². The molecule has 106 valence electrons. The molecule has 0 amide bonds. The fourth-order valence-corrected chi connectivity index (χ4v) is 1.81. The molecule has 5 N–H and O–H groups in total. The summed E-state index contributed by atoms with van der Waals surface area (Å²) in [5.41, 5.74) is 6.75. The molecule has 0 bridgehead atoms. The van der Waals surface area contributed by atoms with E-state index < -0.39 is 0 Å². The number of aliphatic hydroxyl groups is 1. The van der Waals surface area contributed by atoms with Gasteiger partial charge in [-0.25, -0.2) is 0 Å². The Balaban J connectivity index is 2.72. The first kappa shape index (κ1) is 15.5. The summed E-state index contributed by atoms with van der Waals surface area (Å²) in [6.45, 7) is 4.67. The number of nitrogens with zero attached hydrogens (tertiary/aromatic N) is 1. The van der Waals surface area contributed by atoms with E-state index in [9.17, 15) is 0 Å². The Morgan fingerprint density at radius 1 is 1.32 bits per heavy atom.